The maximum Gasteiger partial charge on any atom is 0.274 e. The van der Waals surface area contributed by atoms with Crippen LogP contribution in [-0.2, 0) is 0 Å². The number of hydrogen-bond acceptors (Lipinski definition) is 3. The third kappa shape index (κ3) is 3.46. The molecule has 1 aromatic heterocycles. The molecule has 5 rings (SSSR count). The van der Waals surface area contributed by atoms with Gasteiger partial charge in [0.25, 0.3) is 5.91 Å². The first kappa shape index (κ1) is 18.1. The molecule has 0 radical (unpaired) electrons. The smallest absolute Gasteiger partial charge is 0.267 e. The molecule has 1 aliphatic heterocycles. The molecule has 0 spiro atoms. The van der Waals surface area contributed by atoms with Gasteiger partial charge in [0.1, 0.15) is 0 Å². The maximum absolute atomic E-state index is 13.3. The van der Waals surface area contributed by atoms with Crippen LogP contribution in [0.2, 0.25) is 5.02 Å². The average molecular weight is 417 g/mol. The lowest BCUT2D eigenvalue weighted by Gasteiger charge is -2.22. The third-order valence-electron chi connectivity index (χ3n) is 5.17. The molecule has 1 amide bonds. The van der Waals surface area contributed by atoms with Gasteiger partial charge in [-0.2, -0.15) is 5.10 Å². The summed E-state index contributed by atoms with van der Waals surface area (Å²) >= 11 is 7.64. The Morgan fingerprint density at radius 3 is 2.52 bits per heavy atom. The van der Waals surface area contributed by atoms with E-state index in [-0.39, 0.29) is 11.9 Å². The highest BCUT2D eigenvalue weighted by atomic mass is 35.5. The van der Waals surface area contributed by atoms with E-state index in [1.807, 2.05) is 23.6 Å². The fraction of sp³-hybridized carbons (Fsp3) is 0.0833. The van der Waals surface area contributed by atoms with E-state index in [1.165, 1.54) is 5.39 Å². The average Bonchev–Trinajstić information content (AvgIpc) is 3.43. The summed E-state index contributed by atoms with van der Waals surface area (Å²) in [6, 6.07) is 25.5. The van der Waals surface area contributed by atoms with Crippen LogP contribution in [0.25, 0.3) is 10.8 Å². The molecule has 4 aromatic rings. The van der Waals surface area contributed by atoms with Gasteiger partial charge in [-0.1, -0.05) is 54.1 Å². The minimum absolute atomic E-state index is 0.119. The molecule has 0 saturated heterocycles. The minimum Gasteiger partial charge on any atom is -0.267 e. The van der Waals surface area contributed by atoms with Crippen LogP contribution < -0.4 is 0 Å². The lowest BCUT2D eigenvalue weighted by atomic mass is 9.97. The second kappa shape index (κ2) is 7.47. The molecule has 1 atom stereocenters. The molecular formula is C24H17ClN2OS. The lowest BCUT2D eigenvalue weighted by Crippen LogP contribution is -2.27. The number of nitrogens with zero attached hydrogens (tertiary/aromatic N) is 2. The molecule has 0 saturated carbocycles. The van der Waals surface area contributed by atoms with E-state index >= 15 is 0 Å². The van der Waals surface area contributed by atoms with Crippen molar-refractivity contribution in [3.05, 3.63) is 105 Å². The number of benzene rings is 3. The van der Waals surface area contributed by atoms with E-state index in [0.717, 1.165) is 21.5 Å². The number of rotatable bonds is 3. The van der Waals surface area contributed by atoms with Gasteiger partial charge in [0.05, 0.1) is 16.6 Å². The summed E-state index contributed by atoms with van der Waals surface area (Å²) in [5.74, 6) is -0.119. The van der Waals surface area contributed by atoms with Crippen molar-refractivity contribution in [1.29, 1.82) is 0 Å². The second-order valence-corrected chi connectivity index (χ2v) is 8.39. The van der Waals surface area contributed by atoms with Crippen molar-refractivity contribution in [3.8, 4) is 0 Å². The number of carbonyl (C=O) groups excluding carboxylic acids is 1. The lowest BCUT2D eigenvalue weighted by molar-refractivity contribution is 0.0711. The molecule has 0 N–H and O–H groups in total. The highest BCUT2D eigenvalue weighted by Crippen LogP contribution is 2.36. The van der Waals surface area contributed by atoms with Crippen molar-refractivity contribution in [2.75, 3.05) is 0 Å². The Kier molecular flexibility index (Phi) is 4.66. The van der Waals surface area contributed by atoms with Gasteiger partial charge in [0.15, 0.2) is 0 Å². The summed E-state index contributed by atoms with van der Waals surface area (Å²) < 4.78 is 0. The number of fused-ring (bicyclic) bond motifs is 1. The number of amides is 1. The summed E-state index contributed by atoms with van der Waals surface area (Å²) in [6.07, 6.45) is 0.693. The molecule has 5 heteroatoms. The fourth-order valence-corrected chi connectivity index (χ4v) is 4.54. The highest BCUT2D eigenvalue weighted by molar-refractivity contribution is 7.12. The first-order chi connectivity index (χ1) is 14.2. The Balaban J connectivity index is 1.56. The summed E-state index contributed by atoms with van der Waals surface area (Å²) in [6.45, 7) is 0. The van der Waals surface area contributed by atoms with Crippen molar-refractivity contribution < 1.29 is 4.79 Å². The van der Waals surface area contributed by atoms with E-state index in [4.69, 9.17) is 16.7 Å². The first-order valence-corrected chi connectivity index (χ1v) is 10.6. The van der Waals surface area contributed by atoms with Crippen molar-refractivity contribution in [1.82, 2.24) is 5.01 Å². The molecule has 1 aliphatic rings. The number of hydrazone groups is 1. The summed E-state index contributed by atoms with van der Waals surface area (Å²) in [5.41, 5.74) is 2.61. The van der Waals surface area contributed by atoms with Crippen molar-refractivity contribution >= 4 is 45.3 Å². The zero-order valence-corrected chi connectivity index (χ0v) is 17.0. The van der Waals surface area contributed by atoms with Crippen molar-refractivity contribution in [3.63, 3.8) is 0 Å². The molecule has 3 aromatic carbocycles. The van der Waals surface area contributed by atoms with Crippen molar-refractivity contribution in [2.45, 2.75) is 12.5 Å². The van der Waals surface area contributed by atoms with Gasteiger partial charge in [0, 0.05) is 17.0 Å². The van der Waals surface area contributed by atoms with Gasteiger partial charge in [0.2, 0.25) is 0 Å². The van der Waals surface area contributed by atoms with Gasteiger partial charge in [-0.25, -0.2) is 5.01 Å². The molecule has 2 heterocycles. The van der Waals surface area contributed by atoms with Gasteiger partial charge >= 0.3 is 0 Å². The van der Waals surface area contributed by atoms with Crippen LogP contribution in [0.4, 0.5) is 0 Å². The standard InChI is InChI=1S/C24H17ClN2OS/c25-20-11-9-17(10-12-20)24(28)27-22(15-21(26-27)23-6-3-13-29-23)19-8-7-16-4-1-2-5-18(16)14-19/h1-14,22H,15H2. The molecule has 0 bridgehead atoms. The Hall–Kier alpha value is -2.95. The van der Waals surface area contributed by atoms with E-state index in [9.17, 15) is 4.79 Å². The molecule has 142 valence electrons. The number of halogens is 1. The van der Waals surface area contributed by atoms with Gasteiger partial charge in [-0.05, 0) is 58.1 Å². The van der Waals surface area contributed by atoms with Gasteiger partial charge in [-0.15, -0.1) is 11.3 Å². The molecule has 1 unspecified atom stereocenters. The van der Waals surface area contributed by atoms with E-state index < -0.39 is 0 Å². The Bertz CT molecular complexity index is 1220. The van der Waals surface area contributed by atoms with Gasteiger partial charge in [-0.3, -0.25) is 4.79 Å². The van der Waals surface area contributed by atoms with Crippen LogP contribution in [0, 0.1) is 0 Å². The predicted molar refractivity (Wildman–Crippen MR) is 120 cm³/mol. The third-order valence-corrected chi connectivity index (χ3v) is 6.34. The monoisotopic (exact) mass is 416 g/mol. The van der Waals surface area contributed by atoms with Crippen LogP contribution >= 0.6 is 22.9 Å². The second-order valence-electron chi connectivity index (χ2n) is 7.01. The summed E-state index contributed by atoms with van der Waals surface area (Å²) in [7, 11) is 0. The van der Waals surface area contributed by atoms with E-state index in [1.54, 1.807) is 40.6 Å². The van der Waals surface area contributed by atoms with Crippen molar-refractivity contribution in [2.24, 2.45) is 5.10 Å². The first-order valence-electron chi connectivity index (χ1n) is 9.38. The quantitative estimate of drug-likeness (QED) is 0.373. The molecular weight excluding hydrogens is 400 g/mol. The largest absolute Gasteiger partial charge is 0.274 e. The highest BCUT2D eigenvalue weighted by Gasteiger charge is 2.34. The Morgan fingerprint density at radius 2 is 1.76 bits per heavy atom. The predicted octanol–water partition coefficient (Wildman–Crippen LogP) is 6.55. The fourth-order valence-electron chi connectivity index (χ4n) is 3.69. The molecule has 3 nitrogen and oxygen atoms in total. The SMILES string of the molecule is O=C(c1ccc(Cl)cc1)N1N=C(c2cccs2)CC1c1ccc2ccccc2c1. The number of hydrogen-bond donors (Lipinski definition) is 0. The Labute approximate surface area is 177 Å². The van der Waals surface area contributed by atoms with Crippen LogP contribution in [0.1, 0.15) is 33.3 Å². The van der Waals surface area contributed by atoms with Gasteiger partial charge < -0.3 is 0 Å². The molecule has 0 aliphatic carbocycles. The molecule has 29 heavy (non-hydrogen) atoms. The zero-order valence-electron chi connectivity index (χ0n) is 15.5. The molecule has 0 fully saturated rings. The van der Waals surface area contributed by atoms with E-state index in [0.29, 0.717) is 17.0 Å². The van der Waals surface area contributed by atoms with Crippen LogP contribution in [0.5, 0.6) is 0 Å². The summed E-state index contributed by atoms with van der Waals surface area (Å²) in [4.78, 5) is 14.4. The number of carbonyl (C=O) groups is 1. The summed E-state index contributed by atoms with van der Waals surface area (Å²) in [5, 5.41) is 11.4. The normalized spacial score (nSPS) is 16.2. The van der Waals surface area contributed by atoms with Crippen LogP contribution in [-0.4, -0.2) is 16.6 Å². The zero-order chi connectivity index (χ0) is 19.8. The van der Waals surface area contributed by atoms with Crippen LogP contribution in [0.3, 0.4) is 0 Å². The maximum atomic E-state index is 13.3. The van der Waals surface area contributed by atoms with E-state index in [2.05, 4.69) is 36.4 Å². The topological polar surface area (TPSA) is 32.7 Å². The number of thiophene rings is 1. The Morgan fingerprint density at radius 1 is 0.966 bits per heavy atom. The minimum atomic E-state index is -0.139. The van der Waals surface area contributed by atoms with Crippen LogP contribution in [0.15, 0.2) is 89.3 Å².